The molecule has 1 saturated heterocycles. The van der Waals surface area contributed by atoms with Crippen LogP contribution in [0, 0.1) is 17.8 Å². The molecule has 4 unspecified atom stereocenters. The van der Waals surface area contributed by atoms with Crippen LogP contribution < -0.4 is 0 Å². The molecule has 120 valence electrons. The summed E-state index contributed by atoms with van der Waals surface area (Å²) in [5.41, 5.74) is 0. The Labute approximate surface area is 130 Å². The van der Waals surface area contributed by atoms with Crippen molar-refractivity contribution in [1.82, 2.24) is 0 Å². The number of ketones is 1. The molecule has 1 aliphatic heterocycles. The fraction of sp³-hybridized carbons (Fsp3) is 0.824. The highest BCUT2D eigenvalue weighted by Crippen LogP contribution is 2.34. The number of Topliss-reactive ketones (excluding diaryl/α,β-unsaturated/α-hetero) is 1. The van der Waals surface area contributed by atoms with E-state index in [0.29, 0.717) is 30.0 Å². The molecule has 2 rings (SSSR count). The zero-order valence-corrected chi connectivity index (χ0v) is 15.1. The summed E-state index contributed by atoms with van der Waals surface area (Å²) in [5.74, 6) is 1.73. The van der Waals surface area contributed by atoms with E-state index >= 15 is 0 Å². The maximum atomic E-state index is 12.1. The molecular formula is C17H30O3Si. The van der Waals surface area contributed by atoms with E-state index < -0.39 is 8.32 Å². The van der Waals surface area contributed by atoms with Crippen molar-refractivity contribution in [1.29, 1.82) is 0 Å². The van der Waals surface area contributed by atoms with Crippen LogP contribution in [0.2, 0.25) is 19.6 Å². The maximum absolute atomic E-state index is 12.1. The Morgan fingerprint density at radius 1 is 1.33 bits per heavy atom. The highest BCUT2D eigenvalue weighted by Gasteiger charge is 2.45. The van der Waals surface area contributed by atoms with E-state index in [0.717, 1.165) is 19.4 Å². The molecule has 0 aromatic carbocycles. The molecule has 0 bridgehead atoms. The summed E-state index contributed by atoms with van der Waals surface area (Å²) < 4.78 is 11.7. The van der Waals surface area contributed by atoms with Gasteiger partial charge in [-0.25, -0.2) is 0 Å². The Bertz CT molecular complexity index is 397. The molecule has 1 aliphatic carbocycles. The lowest BCUT2D eigenvalue weighted by molar-refractivity contribution is -0.120. The third-order valence-corrected chi connectivity index (χ3v) is 5.41. The molecule has 0 amide bonds. The average molecular weight is 311 g/mol. The minimum absolute atomic E-state index is 0.126. The van der Waals surface area contributed by atoms with E-state index in [9.17, 15) is 4.79 Å². The van der Waals surface area contributed by atoms with Gasteiger partial charge in [0.1, 0.15) is 6.10 Å². The van der Waals surface area contributed by atoms with Gasteiger partial charge in [0.15, 0.2) is 14.1 Å². The molecule has 3 nitrogen and oxygen atoms in total. The van der Waals surface area contributed by atoms with Gasteiger partial charge in [0, 0.05) is 18.9 Å². The summed E-state index contributed by atoms with van der Waals surface area (Å²) in [7, 11) is -1.50. The number of carbonyl (C=O) groups excluding carboxylic acids is 1. The first-order chi connectivity index (χ1) is 9.76. The second-order valence-electron chi connectivity index (χ2n) is 7.81. The van der Waals surface area contributed by atoms with Gasteiger partial charge in [-0.05, 0) is 44.3 Å². The molecule has 0 spiro atoms. The molecule has 1 fully saturated rings. The number of fused-ring (bicyclic) bond motifs is 1. The van der Waals surface area contributed by atoms with Crippen LogP contribution in [0.5, 0.6) is 0 Å². The Morgan fingerprint density at radius 2 is 2.05 bits per heavy atom. The van der Waals surface area contributed by atoms with Crippen LogP contribution in [-0.2, 0) is 14.0 Å². The molecule has 4 heteroatoms. The molecule has 1 heterocycles. The summed E-state index contributed by atoms with van der Waals surface area (Å²) in [6.45, 7) is 11.9. The number of rotatable bonds is 4. The van der Waals surface area contributed by atoms with Crippen molar-refractivity contribution in [2.24, 2.45) is 17.8 Å². The van der Waals surface area contributed by atoms with Crippen LogP contribution in [0.15, 0.2) is 12.2 Å². The van der Waals surface area contributed by atoms with Gasteiger partial charge in [-0.3, -0.25) is 4.79 Å². The Morgan fingerprint density at radius 3 is 2.67 bits per heavy atom. The first-order valence-electron chi connectivity index (χ1n) is 8.26. The lowest BCUT2D eigenvalue weighted by Crippen LogP contribution is -2.29. The number of hydrogen-bond acceptors (Lipinski definition) is 3. The van der Waals surface area contributed by atoms with Gasteiger partial charge < -0.3 is 9.16 Å². The molecular weight excluding hydrogens is 280 g/mol. The highest BCUT2D eigenvalue weighted by atomic mass is 28.4. The zero-order valence-electron chi connectivity index (χ0n) is 14.1. The predicted molar refractivity (Wildman–Crippen MR) is 87.8 cm³/mol. The topological polar surface area (TPSA) is 38.8 Å². The average Bonchev–Trinajstić information content (AvgIpc) is 3.12. The van der Waals surface area contributed by atoms with E-state index in [4.69, 9.17) is 9.16 Å². The number of ether oxygens (including phenoxy) is 1. The van der Waals surface area contributed by atoms with Crippen LogP contribution in [-0.4, -0.2) is 32.9 Å². The van der Waals surface area contributed by atoms with Crippen molar-refractivity contribution in [2.75, 3.05) is 6.61 Å². The van der Waals surface area contributed by atoms with Crippen molar-refractivity contribution in [3.05, 3.63) is 12.2 Å². The fourth-order valence-electron chi connectivity index (χ4n) is 2.87. The summed E-state index contributed by atoms with van der Waals surface area (Å²) in [5, 5.41) is 0. The largest absolute Gasteiger partial charge is 0.417 e. The van der Waals surface area contributed by atoms with Crippen LogP contribution in [0.1, 0.15) is 33.1 Å². The monoisotopic (exact) mass is 310 g/mol. The second kappa shape index (κ2) is 6.76. The van der Waals surface area contributed by atoms with E-state index in [1.54, 1.807) is 0 Å². The number of allylic oxidation sites excluding steroid dienone is 1. The van der Waals surface area contributed by atoms with E-state index in [2.05, 4.69) is 45.6 Å². The quantitative estimate of drug-likeness (QED) is 0.450. The van der Waals surface area contributed by atoms with Crippen molar-refractivity contribution >= 4 is 14.1 Å². The van der Waals surface area contributed by atoms with E-state index in [-0.39, 0.29) is 12.2 Å². The lowest BCUT2D eigenvalue weighted by Gasteiger charge is -2.23. The summed E-state index contributed by atoms with van der Waals surface area (Å²) in [6.07, 6.45) is 7.16. The van der Waals surface area contributed by atoms with Gasteiger partial charge in [-0.1, -0.05) is 26.0 Å². The molecule has 0 aromatic heterocycles. The molecule has 4 atom stereocenters. The maximum Gasteiger partial charge on any atom is 0.183 e. The van der Waals surface area contributed by atoms with Crippen LogP contribution in [0.25, 0.3) is 0 Å². The Balaban J connectivity index is 2.03. The summed E-state index contributed by atoms with van der Waals surface area (Å²) in [4.78, 5) is 12.1. The van der Waals surface area contributed by atoms with Gasteiger partial charge in [-0.2, -0.15) is 0 Å². The number of carbonyl (C=O) groups is 1. The zero-order chi connectivity index (χ0) is 15.6. The predicted octanol–water partition coefficient (Wildman–Crippen LogP) is 3.80. The molecule has 0 saturated carbocycles. The minimum atomic E-state index is -1.50. The van der Waals surface area contributed by atoms with E-state index in [1.165, 1.54) is 0 Å². The first kappa shape index (κ1) is 16.9. The molecule has 0 aromatic rings. The lowest BCUT2D eigenvalue weighted by atomic mass is 9.86. The van der Waals surface area contributed by atoms with Crippen LogP contribution >= 0.6 is 0 Å². The van der Waals surface area contributed by atoms with Gasteiger partial charge >= 0.3 is 0 Å². The Kier molecular flexibility index (Phi) is 5.44. The van der Waals surface area contributed by atoms with Crippen molar-refractivity contribution < 1.29 is 14.0 Å². The minimum Gasteiger partial charge on any atom is -0.417 e. The van der Waals surface area contributed by atoms with Crippen LogP contribution in [0.3, 0.4) is 0 Å². The van der Waals surface area contributed by atoms with Crippen molar-refractivity contribution in [2.45, 2.75) is 65.0 Å². The molecule has 2 aliphatic rings. The van der Waals surface area contributed by atoms with Crippen molar-refractivity contribution in [3.63, 3.8) is 0 Å². The van der Waals surface area contributed by atoms with Gasteiger partial charge in [0.25, 0.3) is 0 Å². The summed E-state index contributed by atoms with van der Waals surface area (Å²) >= 11 is 0. The third kappa shape index (κ3) is 5.35. The molecule has 0 N–H and O–H groups in total. The van der Waals surface area contributed by atoms with E-state index in [1.807, 2.05) is 0 Å². The fourth-order valence-corrected chi connectivity index (χ4v) is 3.58. The number of epoxide rings is 1. The van der Waals surface area contributed by atoms with Gasteiger partial charge in [-0.15, -0.1) is 0 Å². The Hall–Kier alpha value is -0.453. The SMILES string of the molecule is CC(C)C1/C=C\C(CO[Si](C)(C)C)CC2OC2C(=O)CC1. The first-order valence-corrected chi connectivity index (χ1v) is 11.7. The van der Waals surface area contributed by atoms with Crippen LogP contribution in [0.4, 0.5) is 0 Å². The molecule has 0 radical (unpaired) electrons. The number of hydrogen-bond donors (Lipinski definition) is 0. The van der Waals surface area contributed by atoms with Gasteiger partial charge in [0.2, 0.25) is 0 Å². The summed E-state index contributed by atoms with van der Waals surface area (Å²) in [6, 6.07) is 0. The molecule has 21 heavy (non-hydrogen) atoms. The van der Waals surface area contributed by atoms with Crippen molar-refractivity contribution in [3.8, 4) is 0 Å². The second-order valence-corrected chi connectivity index (χ2v) is 12.3. The third-order valence-electron chi connectivity index (χ3n) is 4.38. The normalized spacial score (nSPS) is 35.4. The van der Waals surface area contributed by atoms with Gasteiger partial charge in [0.05, 0.1) is 6.10 Å². The smallest absolute Gasteiger partial charge is 0.183 e. The standard InChI is InChI=1S/C17H30O3Si/c1-12(2)14-7-6-13(11-19-21(3,4)5)10-16-17(20-16)15(18)9-8-14/h6-7,12-14,16-17H,8-11H2,1-5H3/b7-6-. The highest BCUT2D eigenvalue weighted by molar-refractivity contribution is 6.69.